The molecule has 0 fully saturated rings. The van der Waals surface area contributed by atoms with Crippen molar-refractivity contribution in [2.24, 2.45) is 0 Å². The van der Waals surface area contributed by atoms with Crippen molar-refractivity contribution in [3.63, 3.8) is 0 Å². The zero-order valence-electron chi connectivity index (χ0n) is 8.11. The van der Waals surface area contributed by atoms with Crippen LogP contribution in [0.5, 0.6) is 0 Å². The summed E-state index contributed by atoms with van der Waals surface area (Å²) >= 11 is 0. The summed E-state index contributed by atoms with van der Waals surface area (Å²) in [6.45, 7) is 0. The van der Waals surface area contributed by atoms with Crippen LogP contribution in [0.1, 0.15) is 10.4 Å². The molecule has 5 nitrogen and oxygen atoms in total. The molecule has 0 heterocycles. The van der Waals surface area contributed by atoms with Crippen LogP contribution in [-0.2, 0) is 0 Å². The van der Waals surface area contributed by atoms with Gasteiger partial charge in [0.25, 0.3) is 0 Å². The first-order valence-electron chi connectivity index (χ1n) is 4.08. The Labute approximate surface area is 82.1 Å². The maximum atomic E-state index is 10.7. The van der Waals surface area contributed by atoms with Crippen molar-refractivity contribution in [3.05, 3.63) is 23.8 Å². The van der Waals surface area contributed by atoms with Gasteiger partial charge < -0.3 is 16.3 Å². The van der Waals surface area contributed by atoms with Gasteiger partial charge >= 0.3 is 5.97 Å². The van der Waals surface area contributed by atoms with Gasteiger partial charge in [0.05, 0.1) is 16.9 Å². The highest BCUT2D eigenvalue weighted by Gasteiger charge is 2.10. The molecule has 0 aliphatic carbocycles. The summed E-state index contributed by atoms with van der Waals surface area (Å²) in [5, 5.41) is 10.5. The Kier molecular flexibility index (Phi) is 2.93. The van der Waals surface area contributed by atoms with E-state index in [1.165, 1.54) is 6.07 Å². The van der Waals surface area contributed by atoms with Gasteiger partial charge in [0.2, 0.25) is 0 Å². The normalized spacial score (nSPS) is 10.2. The van der Waals surface area contributed by atoms with Gasteiger partial charge in [-0.05, 0) is 12.1 Å². The van der Waals surface area contributed by atoms with Crippen molar-refractivity contribution in [3.8, 4) is 0 Å². The predicted octanol–water partition coefficient (Wildman–Crippen LogP) is 0.855. The van der Waals surface area contributed by atoms with Crippen LogP contribution in [0.3, 0.4) is 0 Å². The molecule has 0 spiro atoms. The van der Waals surface area contributed by atoms with Crippen molar-refractivity contribution < 1.29 is 9.90 Å². The van der Waals surface area contributed by atoms with Crippen molar-refractivity contribution in [1.29, 1.82) is 0 Å². The number of hydrazine groups is 1. The first-order chi connectivity index (χ1) is 6.52. The number of carboxylic acids is 1. The maximum Gasteiger partial charge on any atom is 0.337 e. The van der Waals surface area contributed by atoms with Crippen LogP contribution in [0.25, 0.3) is 0 Å². The highest BCUT2D eigenvalue weighted by Crippen LogP contribution is 2.22. The lowest BCUT2D eigenvalue weighted by atomic mass is 10.1. The Hall–Kier alpha value is -1.75. The molecule has 0 atom stereocenters. The molecule has 76 valence electrons. The van der Waals surface area contributed by atoms with E-state index >= 15 is 0 Å². The number of benzene rings is 1. The number of nitrogens with two attached hydrogens (primary N) is 1. The molecule has 0 radical (unpaired) electrons. The fourth-order valence-corrected chi connectivity index (χ4v) is 1.09. The minimum absolute atomic E-state index is 0.108. The lowest BCUT2D eigenvalue weighted by molar-refractivity contribution is 0.0698. The number of para-hydroxylation sites is 1. The minimum atomic E-state index is -1.02. The van der Waals surface area contributed by atoms with Crippen LogP contribution < -0.4 is 11.2 Å². The van der Waals surface area contributed by atoms with Gasteiger partial charge in [-0.3, -0.25) is 0 Å². The maximum absolute atomic E-state index is 10.7. The van der Waals surface area contributed by atoms with Crippen LogP contribution in [-0.4, -0.2) is 30.2 Å². The number of anilines is 2. The molecule has 0 saturated carbocycles. The number of hydrogen-bond donors (Lipinski definition) is 3. The SMILES string of the molecule is CN(C)Nc1cccc(C(=O)O)c1N. The summed E-state index contributed by atoms with van der Waals surface area (Å²) in [6, 6.07) is 4.84. The molecule has 1 aromatic rings. The Bertz CT molecular complexity index is 350. The average molecular weight is 195 g/mol. The summed E-state index contributed by atoms with van der Waals surface area (Å²) in [4.78, 5) is 10.7. The molecular weight excluding hydrogens is 182 g/mol. The van der Waals surface area contributed by atoms with Gasteiger partial charge in [-0.15, -0.1) is 0 Å². The smallest absolute Gasteiger partial charge is 0.337 e. The summed E-state index contributed by atoms with van der Waals surface area (Å²) in [5.41, 5.74) is 9.52. The quantitative estimate of drug-likeness (QED) is 0.492. The lowest BCUT2D eigenvalue weighted by Gasteiger charge is -2.16. The van der Waals surface area contributed by atoms with Crippen LogP contribution in [0.15, 0.2) is 18.2 Å². The highest BCUT2D eigenvalue weighted by atomic mass is 16.4. The molecule has 14 heavy (non-hydrogen) atoms. The van der Waals surface area contributed by atoms with E-state index in [1.807, 2.05) is 0 Å². The van der Waals surface area contributed by atoms with E-state index in [0.717, 1.165) is 0 Å². The Balaban J connectivity index is 3.07. The Morgan fingerprint density at radius 2 is 2.14 bits per heavy atom. The molecule has 0 amide bonds. The van der Waals surface area contributed by atoms with E-state index in [0.29, 0.717) is 5.69 Å². The second kappa shape index (κ2) is 3.97. The lowest BCUT2D eigenvalue weighted by Crippen LogP contribution is -2.21. The molecule has 1 rings (SSSR count). The molecule has 5 heteroatoms. The Morgan fingerprint density at radius 3 is 2.64 bits per heavy atom. The first kappa shape index (κ1) is 10.3. The van der Waals surface area contributed by atoms with Crippen LogP contribution in [0.4, 0.5) is 11.4 Å². The summed E-state index contributed by atoms with van der Waals surface area (Å²) in [5.74, 6) is -1.02. The summed E-state index contributed by atoms with van der Waals surface area (Å²) in [6.07, 6.45) is 0. The minimum Gasteiger partial charge on any atom is -0.478 e. The van der Waals surface area contributed by atoms with E-state index in [4.69, 9.17) is 10.8 Å². The number of aromatic carboxylic acids is 1. The van der Waals surface area contributed by atoms with Gasteiger partial charge in [-0.2, -0.15) is 0 Å². The number of nitrogens with zero attached hydrogens (tertiary/aromatic N) is 1. The summed E-state index contributed by atoms with van der Waals surface area (Å²) < 4.78 is 0. The first-order valence-corrected chi connectivity index (χ1v) is 4.08. The largest absolute Gasteiger partial charge is 0.478 e. The van der Waals surface area contributed by atoms with Crippen LogP contribution in [0.2, 0.25) is 0 Å². The van der Waals surface area contributed by atoms with Crippen molar-refractivity contribution in [2.45, 2.75) is 0 Å². The van der Waals surface area contributed by atoms with Gasteiger partial charge in [0.15, 0.2) is 0 Å². The van der Waals surface area contributed by atoms with E-state index in [9.17, 15) is 4.79 Å². The predicted molar refractivity (Wildman–Crippen MR) is 55.1 cm³/mol. The topological polar surface area (TPSA) is 78.6 Å². The van der Waals surface area contributed by atoms with Crippen molar-refractivity contribution in [2.75, 3.05) is 25.3 Å². The fraction of sp³-hybridized carbons (Fsp3) is 0.222. The van der Waals surface area contributed by atoms with Crippen molar-refractivity contribution >= 4 is 17.3 Å². The van der Waals surface area contributed by atoms with Crippen molar-refractivity contribution in [1.82, 2.24) is 5.01 Å². The van der Waals surface area contributed by atoms with E-state index in [1.54, 1.807) is 31.2 Å². The number of hydrogen-bond acceptors (Lipinski definition) is 4. The van der Waals surface area contributed by atoms with Gasteiger partial charge in [0.1, 0.15) is 0 Å². The third-order valence-electron chi connectivity index (χ3n) is 1.68. The number of carboxylic acid groups (broad SMARTS) is 1. The monoisotopic (exact) mass is 195 g/mol. The fourth-order valence-electron chi connectivity index (χ4n) is 1.09. The molecule has 1 aromatic carbocycles. The number of nitrogens with one attached hydrogen (secondary N) is 1. The van der Waals surface area contributed by atoms with Gasteiger partial charge in [-0.25, -0.2) is 9.80 Å². The molecule has 0 unspecified atom stereocenters. The molecule has 4 N–H and O–H groups in total. The average Bonchev–Trinajstić information content (AvgIpc) is 2.07. The van der Waals surface area contributed by atoms with E-state index < -0.39 is 5.97 Å². The summed E-state index contributed by atoms with van der Waals surface area (Å²) in [7, 11) is 3.60. The zero-order chi connectivity index (χ0) is 10.7. The third-order valence-corrected chi connectivity index (χ3v) is 1.68. The molecule has 0 bridgehead atoms. The zero-order valence-corrected chi connectivity index (χ0v) is 8.11. The van der Waals surface area contributed by atoms with Gasteiger partial charge in [-0.1, -0.05) is 6.07 Å². The third kappa shape index (κ3) is 2.14. The van der Waals surface area contributed by atoms with E-state index in [-0.39, 0.29) is 11.3 Å². The molecule has 0 aliphatic rings. The molecule has 0 aromatic heterocycles. The second-order valence-electron chi connectivity index (χ2n) is 3.08. The second-order valence-corrected chi connectivity index (χ2v) is 3.08. The number of rotatable bonds is 3. The molecule has 0 saturated heterocycles. The molecule has 0 aliphatic heterocycles. The standard InChI is InChI=1S/C9H13N3O2/c1-12(2)11-7-5-3-4-6(8(7)10)9(13)14/h3-5,11H,10H2,1-2H3,(H,13,14). The highest BCUT2D eigenvalue weighted by molar-refractivity contribution is 5.97. The van der Waals surface area contributed by atoms with Crippen LogP contribution in [0, 0.1) is 0 Å². The van der Waals surface area contributed by atoms with E-state index in [2.05, 4.69) is 5.43 Å². The molecular formula is C9H13N3O2. The number of carbonyl (C=O) groups is 1. The van der Waals surface area contributed by atoms with Crippen LogP contribution >= 0.6 is 0 Å². The van der Waals surface area contributed by atoms with Gasteiger partial charge in [0, 0.05) is 14.1 Å². The number of nitrogen functional groups attached to an aromatic ring is 1. The Morgan fingerprint density at radius 1 is 1.50 bits per heavy atom.